The summed E-state index contributed by atoms with van der Waals surface area (Å²) in [5.74, 6) is 0.677. The highest BCUT2D eigenvalue weighted by Gasteiger charge is 2.38. The lowest BCUT2D eigenvalue weighted by atomic mass is 10.2. The van der Waals surface area contributed by atoms with Crippen molar-refractivity contribution in [2.45, 2.75) is 12.7 Å². The first-order valence-electron chi connectivity index (χ1n) is 8.67. The van der Waals surface area contributed by atoms with Crippen molar-refractivity contribution in [1.29, 1.82) is 0 Å². The number of hydrogen-bond donors (Lipinski definition) is 1. The third kappa shape index (κ3) is 3.51. The summed E-state index contributed by atoms with van der Waals surface area (Å²) in [5, 5.41) is 4.40. The Morgan fingerprint density at radius 3 is 2.68 bits per heavy atom. The minimum absolute atomic E-state index is 0.0884. The maximum atomic E-state index is 13.0. The van der Waals surface area contributed by atoms with Crippen LogP contribution < -0.4 is 10.1 Å². The Bertz CT molecular complexity index is 1020. The molecule has 3 aromatic rings. The van der Waals surface area contributed by atoms with E-state index in [0.29, 0.717) is 33.5 Å². The molecule has 0 fully saturated rings. The van der Waals surface area contributed by atoms with Crippen LogP contribution in [0.15, 0.2) is 60.8 Å². The van der Waals surface area contributed by atoms with Crippen molar-refractivity contribution in [3.63, 3.8) is 0 Å². The normalized spacial score (nSPS) is 15.5. The quantitative estimate of drug-likeness (QED) is 0.627. The van der Waals surface area contributed by atoms with Crippen LogP contribution >= 0.6 is 23.2 Å². The van der Waals surface area contributed by atoms with Crippen molar-refractivity contribution >= 4 is 34.8 Å². The fourth-order valence-electron chi connectivity index (χ4n) is 3.23. The largest absolute Gasteiger partial charge is 0.497 e. The van der Waals surface area contributed by atoms with Crippen molar-refractivity contribution in [3.05, 3.63) is 87.7 Å². The molecular weight excluding hydrogens is 397 g/mol. The van der Waals surface area contributed by atoms with E-state index < -0.39 is 6.17 Å². The molecule has 142 valence electrons. The number of rotatable bonds is 5. The van der Waals surface area contributed by atoms with Gasteiger partial charge in [0.25, 0.3) is 5.91 Å². The van der Waals surface area contributed by atoms with Crippen LogP contribution in [0.4, 0.5) is 5.69 Å². The topological polar surface area (TPSA) is 54.5 Å². The van der Waals surface area contributed by atoms with Gasteiger partial charge in [0, 0.05) is 17.8 Å². The fraction of sp³-hybridized carbons (Fsp3) is 0.143. The maximum absolute atomic E-state index is 13.0. The molecule has 28 heavy (non-hydrogen) atoms. The van der Waals surface area contributed by atoms with E-state index in [9.17, 15) is 4.79 Å². The molecule has 0 aliphatic carbocycles. The van der Waals surface area contributed by atoms with E-state index in [0.717, 1.165) is 11.3 Å². The van der Waals surface area contributed by atoms with Gasteiger partial charge in [0.05, 0.1) is 29.1 Å². The standard InChI is InChI=1S/C21H17Cl2N3O2/c1-28-15-7-4-13(5-8-15)12-26-20(19-16(21(26)27)3-2-10-24-19)25-18-11-14(22)6-9-17(18)23/h2-11,20,25H,12H2,1H3/t20-/m1/s1. The minimum Gasteiger partial charge on any atom is -0.497 e. The SMILES string of the molecule is COc1ccc(CN2C(=O)c3cccnc3[C@@H]2Nc2cc(Cl)ccc2Cl)cc1. The number of carbonyl (C=O) groups excluding carboxylic acids is 1. The Labute approximate surface area is 172 Å². The zero-order valence-electron chi connectivity index (χ0n) is 15.0. The molecule has 1 atom stereocenters. The van der Waals surface area contributed by atoms with E-state index in [4.69, 9.17) is 27.9 Å². The van der Waals surface area contributed by atoms with Gasteiger partial charge in [-0.25, -0.2) is 0 Å². The van der Waals surface area contributed by atoms with Gasteiger partial charge < -0.3 is 15.0 Å². The smallest absolute Gasteiger partial charge is 0.258 e. The molecule has 0 saturated heterocycles. The number of carbonyl (C=O) groups is 1. The molecule has 2 heterocycles. The molecule has 4 rings (SSSR count). The second kappa shape index (κ2) is 7.70. The van der Waals surface area contributed by atoms with Gasteiger partial charge in [-0.2, -0.15) is 0 Å². The Hall–Kier alpha value is -2.76. The number of methoxy groups -OCH3 is 1. The number of amides is 1. The van der Waals surface area contributed by atoms with Crippen molar-refractivity contribution in [2.24, 2.45) is 0 Å². The van der Waals surface area contributed by atoms with Crippen LogP contribution in [-0.4, -0.2) is 22.9 Å². The van der Waals surface area contributed by atoms with Crippen LogP contribution in [0.1, 0.15) is 27.8 Å². The molecule has 0 spiro atoms. The Morgan fingerprint density at radius 1 is 1.14 bits per heavy atom. The fourth-order valence-corrected chi connectivity index (χ4v) is 3.57. The van der Waals surface area contributed by atoms with Crippen LogP contribution in [-0.2, 0) is 6.54 Å². The molecule has 1 aromatic heterocycles. The number of nitrogens with zero attached hydrogens (tertiary/aromatic N) is 2. The third-order valence-electron chi connectivity index (χ3n) is 4.63. The van der Waals surface area contributed by atoms with Crippen LogP contribution in [0.3, 0.4) is 0 Å². The summed E-state index contributed by atoms with van der Waals surface area (Å²) in [6.45, 7) is 0.412. The highest BCUT2D eigenvalue weighted by atomic mass is 35.5. The van der Waals surface area contributed by atoms with Gasteiger partial charge in [0.2, 0.25) is 0 Å². The first-order chi connectivity index (χ1) is 13.6. The molecule has 0 bridgehead atoms. The van der Waals surface area contributed by atoms with Crippen molar-refractivity contribution in [2.75, 3.05) is 12.4 Å². The monoisotopic (exact) mass is 413 g/mol. The molecule has 0 saturated carbocycles. The Balaban J connectivity index is 1.68. The molecule has 5 nitrogen and oxygen atoms in total. The summed E-state index contributed by atoms with van der Waals surface area (Å²) in [6, 6.07) is 16.3. The Kier molecular flexibility index (Phi) is 5.11. The number of anilines is 1. The van der Waals surface area contributed by atoms with Crippen molar-refractivity contribution < 1.29 is 9.53 Å². The molecule has 1 aliphatic rings. The van der Waals surface area contributed by atoms with Crippen LogP contribution in [0.2, 0.25) is 10.0 Å². The van der Waals surface area contributed by atoms with Gasteiger partial charge in [-0.15, -0.1) is 0 Å². The van der Waals surface area contributed by atoms with Gasteiger partial charge in [0.1, 0.15) is 11.9 Å². The molecule has 1 amide bonds. The average Bonchev–Trinajstić information content (AvgIpc) is 2.97. The van der Waals surface area contributed by atoms with Crippen molar-refractivity contribution in [1.82, 2.24) is 9.88 Å². The molecule has 1 aliphatic heterocycles. The highest BCUT2D eigenvalue weighted by molar-refractivity contribution is 6.35. The zero-order valence-corrected chi connectivity index (χ0v) is 16.5. The lowest BCUT2D eigenvalue weighted by Crippen LogP contribution is -2.32. The molecule has 7 heteroatoms. The minimum atomic E-state index is -0.457. The predicted octanol–water partition coefficient (Wildman–Crippen LogP) is 5.16. The average molecular weight is 414 g/mol. The molecule has 0 unspecified atom stereocenters. The number of benzene rings is 2. The van der Waals surface area contributed by atoms with Crippen LogP contribution in [0.5, 0.6) is 5.75 Å². The predicted molar refractivity (Wildman–Crippen MR) is 110 cm³/mol. The molecule has 2 aromatic carbocycles. The summed E-state index contributed by atoms with van der Waals surface area (Å²) in [6.07, 6.45) is 1.22. The lowest BCUT2D eigenvalue weighted by molar-refractivity contribution is 0.0728. The summed E-state index contributed by atoms with van der Waals surface area (Å²) < 4.78 is 5.21. The van der Waals surface area contributed by atoms with E-state index >= 15 is 0 Å². The highest BCUT2D eigenvalue weighted by Crippen LogP contribution is 2.36. The van der Waals surface area contributed by atoms with Crippen LogP contribution in [0.25, 0.3) is 0 Å². The second-order valence-corrected chi connectivity index (χ2v) is 7.23. The lowest BCUT2D eigenvalue weighted by Gasteiger charge is -2.27. The molecule has 0 radical (unpaired) electrons. The number of ether oxygens (including phenoxy) is 1. The number of aromatic nitrogens is 1. The second-order valence-electron chi connectivity index (χ2n) is 6.39. The Morgan fingerprint density at radius 2 is 1.93 bits per heavy atom. The summed E-state index contributed by atoms with van der Waals surface area (Å²) in [7, 11) is 1.62. The first kappa shape index (κ1) is 18.6. The van der Waals surface area contributed by atoms with Gasteiger partial charge in [0.15, 0.2) is 0 Å². The van der Waals surface area contributed by atoms with E-state index in [1.807, 2.05) is 24.3 Å². The van der Waals surface area contributed by atoms with Crippen LogP contribution in [0, 0.1) is 0 Å². The van der Waals surface area contributed by atoms with E-state index in [1.54, 1.807) is 48.5 Å². The van der Waals surface area contributed by atoms with E-state index in [-0.39, 0.29) is 5.91 Å². The van der Waals surface area contributed by atoms with Gasteiger partial charge in [-0.3, -0.25) is 9.78 Å². The van der Waals surface area contributed by atoms with Crippen molar-refractivity contribution in [3.8, 4) is 5.75 Å². The summed E-state index contributed by atoms with van der Waals surface area (Å²) >= 11 is 12.4. The number of fused-ring (bicyclic) bond motifs is 1. The van der Waals surface area contributed by atoms with Gasteiger partial charge >= 0.3 is 0 Å². The third-order valence-corrected chi connectivity index (χ3v) is 5.20. The van der Waals surface area contributed by atoms with E-state index in [1.165, 1.54) is 0 Å². The zero-order chi connectivity index (χ0) is 19.7. The summed E-state index contributed by atoms with van der Waals surface area (Å²) in [5.41, 5.74) is 2.86. The number of pyridine rings is 1. The van der Waals surface area contributed by atoms with Gasteiger partial charge in [-0.05, 0) is 48.0 Å². The summed E-state index contributed by atoms with van der Waals surface area (Å²) in [4.78, 5) is 19.2. The van der Waals surface area contributed by atoms with E-state index in [2.05, 4.69) is 10.3 Å². The molecule has 1 N–H and O–H groups in total. The number of nitrogens with one attached hydrogen (secondary N) is 1. The molecular formula is C21H17Cl2N3O2. The van der Waals surface area contributed by atoms with Gasteiger partial charge in [-0.1, -0.05) is 35.3 Å². The first-order valence-corrected chi connectivity index (χ1v) is 9.43. The maximum Gasteiger partial charge on any atom is 0.258 e. The number of halogens is 2. The number of hydrogen-bond acceptors (Lipinski definition) is 4.